The monoisotopic (exact) mass is 460 g/mol. The van der Waals surface area contributed by atoms with Gasteiger partial charge in [0.15, 0.2) is 6.61 Å². The first kappa shape index (κ1) is 22.9. The second kappa shape index (κ2) is 11.6. The molecule has 0 radical (unpaired) electrons. The second-order valence-corrected chi connectivity index (χ2v) is 8.23. The zero-order valence-electron chi connectivity index (χ0n) is 17.2. The summed E-state index contributed by atoms with van der Waals surface area (Å²) in [6, 6.07) is 16.5. The predicted octanol–water partition coefficient (Wildman–Crippen LogP) is 4.41. The normalized spacial score (nSPS) is 11.8. The molecule has 0 aromatic heterocycles. The summed E-state index contributed by atoms with van der Waals surface area (Å²) in [7, 11) is 0. The van der Waals surface area contributed by atoms with Gasteiger partial charge in [0.2, 0.25) is 5.91 Å². The minimum absolute atomic E-state index is 0.123. The number of nitrogens with one attached hydrogen (secondary N) is 1. The third-order valence-corrected chi connectivity index (χ3v) is 4.97. The Morgan fingerprint density at radius 3 is 2.31 bits per heavy atom. The van der Waals surface area contributed by atoms with Crippen LogP contribution in [0.25, 0.3) is 0 Å². The van der Waals surface area contributed by atoms with Crippen LogP contribution in [0, 0.1) is 5.92 Å². The van der Waals surface area contributed by atoms with E-state index < -0.39 is 6.04 Å². The van der Waals surface area contributed by atoms with Crippen LogP contribution in [0.5, 0.6) is 5.75 Å². The highest BCUT2D eigenvalue weighted by Crippen LogP contribution is 2.17. The molecule has 1 N–H and O–H groups in total. The second-order valence-electron chi connectivity index (χ2n) is 7.31. The lowest BCUT2D eigenvalue weighted by Gasteiger charge is -2.30. The van der Waals surface area contributed by atoms with E-state index >= 15 is 0 Å². The lowest BCUT2D eigenvalue weighted by molar-refractivity contribution is -0.143. The first-order chi connectivity index (χ1) is 13.9. The Morgan fingerprint density at radius 2 is 1.72 bits per heavy atom. The van der Waals surface area contributed by atoms with Crippen molar-refractivity contribution >= 4 is 27.7 Å². The van der Waals surface area contributed by atoms with Crippen LogP contribution in [0.1, 0.15) is 32.8 Å². The number of rotatable bonds is 10. The van der Waals surface area contributed by atoms with Gasteiger partial charge < -0.3 is 15.0 Å². The van der Waals surface area contributed by atoms with Gasteiger partial charge in [0, 0.05) is 17.6 Å². The maximum Gasteiger partial charge on any atom is 0.261 e. The molecule has 0 heterocycles. The summed E-state index contributed by atoms with van der Waals surface area (Å²) in [4.78, 5) is 27.4. The Morgan fingerprint density at radius 1 is 1.07 bits per heavy atom. The van der Waals surface area contributed by atoms with Gasteiger partial charge >= 0.3 is 0 Å². The van der Waals surface area contributed by atoms with Gasteiger partial charge in [0.1, 0.15) is 11.8 Å². The van der Waals surface area contributed by atoms with Crippen LogP contribution in [0.4, 0.5) is 0 Å². The van der Waals surface area contributed by atoms with Gasteiger partial charge in [-0.05, 0) is 42.2 Å². The van der Waals surface area contributed by atoms with Gasteiger partial charge in [-0.2, -0.15) is 0 Å². The van der Waals surface area contributed by atoms with Crippen LogP contribution in [0.2, 0.25) is 0 Å². The molecule has 2 amide bonds. The van der Waals surface area contributed by atoms with Crippen LogP contribution in [0.3, 0.4) is 0 Å². The molecular weight excluding hydrogens is 432 g/mol. The fourth-order valence-corrected chi connectivity index (χ4v) is 3.15. The molecular formula is C23H29BrN2O3. The van der Waals surface area contributed by atoms with Crippen molar-refractivity contribution in [3.8, 4) is 5.75 Å². The molecule has 2 aromatic rings. The molecule has 2 aromatic carbocycles. The average molecular weight is 461 g/mol. The summed E-state index contributed by atoms with van der Waals surface area (Å²) in [6.07, 6.45) is 0.529. The quantitative estimate of drug-likeness (QED) is 0.571. The van der Waals surface area contributed by atoms with Crippen molar-refractivity contribution in [1.29, 1.82) is 0 Å². The molecule has 156 valence electrons. The third kappa shape index (κ3) is 7.54. The zero-order chi connectivity index (χ0) is 21.2. The SMILES string of the molecule is CC[C@H](C(=O)NCC(C)C)N(Cc1ccccc1)C(=O)COc1ccc(Br)cc1. The lowest BCUT2D eigenvalue weighted by Crippen LogP contribution is -2.50. The van der Waals surface area contributed by atoms with E-state index in [0.29, 0.717) is 31.2 Å². The standard InChI is InChI=1S/C23H29BrN2O3/c1-4-21(23(28)25-14-17(2)3)26(15-18-8-6-5-7-9-18)22(27)16-29-20-12-10-19(24)11-13-20/h5-13,17,21H,4,14-16H2,1-3H3,(H,25,28)/t21-/m1/s1. The van der Waals surface area contributed by atoms with E-state index in [0.717, 1.165) is 10.0 Å². The molecule has 0 bridgehead atoms. The number of halogens is 1. The third-order valence-electron chi connectivity index (χ3n) is 4.44. The Bertz CT molecular complexity index is 778. The van der Waals surface area contributed by atoms with E-state index in [1.807, 2.05) is 63.2 Å². The molecule has 0 aliphatic rings. The van der Waals surface area contributed by atoms with Crippen molar-refractivity contribution < 1.29 is 14.3 Å². The number of hydrogen-bond acceptors (Lipinski definition) is 3. The summed E-state index contributed by atoms with van der Waals surface area (Å²) in [5.41, 5.74) is 0.972. The van der Waals surface area contributed by atoms with Crippen molar-refractivity contribution in [3.63, 3.8) is 0 Å². The fraction of sp³-hybridized carbons (Fsp3) is 0.391. The highest BCUT2D eigenvalue weighted by Gasteiger charge is 2.28. The first-order valence-electron chi connectivity index (χ1n) is 9.90. The number of benzene rings is 2. The number of hydrogen-bond donors (Lipinski definition) is 1. The number of carbonyl (C=O) groups is 2. The number of ether oxygens (including phenoxy) is 1. The highest BCUT2D eigenvalue weighted by molar-refractivity contribution is 9.10. The van der Waals surface area contributed by atoms with E-state index in [4.69, 9.17) is 4.74 Å². The average Bonchev–Trinajstić information content (AvgIpc) is 2.72. The summed E-state index contributed by atoms with van der Waals surface area (Å²) in [5, 5.41) is 2.96. The molecule has 0 unspecified atom stereocenters. The number of carbonyl (C=O) groups excluding carboxylic acids is 2. The van der Waals surface area contributed by atoms with E-state index in [2.05, 4.69) is 21.2 Å². The fourth-order valence-electron chi connectivity index (χ4n) is 2.88. The molecule has 0 saturated carbocycles. The lowest BCUT2D eigenvalue weighted by atomic mass is 10.1. The number of nitrogens with zero attached hydrogens (tertiary/aromatic N) is 1. The molecule has 0 aliphatic carbocycles. The Kier molecular flexibility index (Phi) is 9.19. The Hall–Kier alpha value is -2.34. The minimum Gasteiger partial charge on any atom is -0.484 e. The Labute approximate surface area is 181 Å². The van der Waals surface area contributed by atoms with E-state index in [-0.39, 0.29) is 18.4 Å². The highest BCUT2D eigenvalue weighted by atomic mass is 79.9. The van der Waals surface area contributed by atoms with Gasteiger partial charge in [-0.15, -0.1) is 0 Å². The van der Waals surface area contributed by atoms with Crippen molar-refractivity contribution in [1.82, 2.24) is 10.2 Å². The molecule has 2 rings (SSSR count). The van der Waals surface area contributed by atoms with Crippen LogP contribution in [-0.2, 0) is 16.1 Å². The maximum absolute atomic E-state index is 13.0. The predicted molar refractivity (Wildman–Crippen MR) is 119 cm³/mol. The van der Waals surface area contributed by atoms with Crippen molar-refractivity contribution in [2.24, 2.45) is 5.92 Å². The van der Waals surface area contributed by atoms with Gasteiger partial charge in [-0.25, -0.2) is 0 Å². The maximum atomic E-state index is 13.0. The molecule has 1 atom stereocenters. The summed E-state index contributed by atoms with van der Waals surface area (Å²) < 4.78 is 6.61. The minimum atomic E-state index is -0.546. The topological polar surface area (TPSA) is 58.6 Å². The van der Waals surface area contributed by atoms with Crippen molar-refractivity contribution in [2.45, 2.75) is 39.8 Å². The van der Waals surface area contributed by atoms with E-state index in [1.54, 1.807) is 17.0 Å². The van der Waals surface area contributed by atoms with Crippen LogP contribution in [0.15, 0.2) is 59.1 Å². The smallest absolute Gasteiger partial charge is 0.261 e. The van der Waals surface area contributed by atoms with Crippen LogP contribution in [-0.4, -0.2) is 35.9 Å². The Balaban J connectivity index is 2.14. The molecule has 0 fully saturated rings. The molecule has 29 heavy (non-hydrogen) atoms. The first-order valence-corrected chi connectivity index (χ1v) is 10.7. The molecule has 0 spiro atoms. The van der Waals surface area contributed by atoms with Gasteiger partial charge in [-0.3, -0.25) is 9.59 Å². The molecule has 0 aliphatic heterocycles. The van der Waals surface area contributed by atoms with Crippen LogP contribution >= 0.6 is 15.9 Å². The molecule has 6 heteroatoms. The van der Waals surface area contributed by atoms with E-state index in [1.165, 1.54) is 0 Å². The van der Waals surface area contributed by atoms with Crippen molar-refractivity contribution in [2.75, 3.05) is 13.2 Å². The zero-order valence-corrected chi connectivity index (χ0v) is 18.8. The summed E-state index contributed by atoms with van der Waals surface area (Å²) >= 11 is 3.38. The number of amides is 2. The van der Waals surface area contributed by atoms with Gasteiger partial charge in [0.05, 0.1) is 0 Å². The van der Waals surface area contributed by atoms with Crippen molar-refractivity contribution in [3.05, 3.63) is 64.6 Å². The van der Waals surface area contributed by atoms with Crippen LogP contribution < -0.4 is 10.1 Å². The van der Waals surface area contributed by atoms with Gasteiger partial charge in [0.25, 0.3) is 5.91 Å². The summed E-state index contributed by atoms with van der Waals surface area (Å²) in [6.45, 7) is 6.82. The summed E-state index contributed by atoms with van der Waals surface area (Å²) in [5.74, 6) is 0.603. The van der Waals surface area contributed by atoms with E-state index in [9.17, 15) is 9.59 Å². The van der Waals surface area contributed by atoms with Gasteiger partial charge in [-0.1, -0.05) is 67.0 Å². The molecule has 0 saturated heterocycles. The largest absolute Gasteiger partial charge is 0.484 e. The molecule has 5 nitrogen and oxygen atoms in total.